The quantitative estimate of drug-likeness (QED) is 0.340. The van der Waals surface area contributed by atoms with Crippen molar-refractivity contribution in [3.8, 4) is 0 Å². The van der Waals surface area contributed by atoms with Crippen molar-refractivity contribution >= 4 is 11.8 Å². The first kappa shape index (κ1) is 25.5. The Morgan fingerprint density at radius 1 is 0.821 bits per heavy atom. The van der Waals surface area contributed by atoms with Gasteiger partial charge in [-0.2, -0.15) is 0 Å². The highest BCUT2D eigenvalue weighted by molar-refractivity contribution is 8.00. The molecule has 0 saturated carbocycles. The fraction of sp³-hybridized carbons (Fsp3) is 0.750. The maximum atomic E-state index is 6.35. The third-order valence-corrected chi connectivity index (χ3v) is 5.65. The van der Waals surface area contributed by atoms with Crippen LogP contribution in [0, 0.1) is 0 Å². The maximum Gasteiger partial charge on any atom is 0.0976 e. The van der Waals surface area contributed by atoms with Crippen molar-refractivity contribution < 1.29 is 9.47 Å². The van der Waals surface area contributed by atoms with Crippen LogP contribution in [0.4, 0.5) is 0 Å². The average molecular weight is 410 g/mol. The van der Waals surface area contributed by atoms with E-state index in [0.29, 0.717) is 13.3 Å². The topological polar surface area (TPSA) is 30.5 Å². The first-order valence-corrected chi connectivity index (χ1v) is 11.2. The molecule has 28 heavy (non-hydrogen) atoms. The van der Waals surface area contributed by atoms with Crippen LogP contribution in [0.5, 0.6) is 0 Å². The molecule has 0 aromatic heterocycles. The summed E-state index contributed by atoms with van der Waals surface area (Å²) in [6, 6.07) is 8.58. The fourth-order valence-electron chi connectivity index (χ4n) is 2.55. The minimum absolute atomic E-state index is 0.00583. The molecule has 3 nitrogen and oxygen atoms in total. The monoisotopic (exact) mass is 409 g/mol. The SMILES string of the molecule is CC(C)(CCC(C)(C)OCc1ccccc1SC(C)(C)C)NCOC(C)(C)C. The molecule has 1 aromatic carbocycles. The summed E-state index contributed by atoms with van der Waals surface area (Å²) in [5.74, 6) is 0. The van der Waals surface area contributed by atoms with Crippen molar-refractivity contribution in [3.63, 3.8) is 0 Å². The number of rotatable bonds is 10. The van der Waals surface area contributed by atoms with Gasteiger partial charge in [-0.25, -0.2) is 0 Å². The maximum absolute atomic E-state index is 6.35. The Hall–Kier alpha value is -0.550. The van der Waals surface area contributed by atoms with Gasteiger partial charge in [-0.3, -0.25) is 5.32 Å². The lowest BCUT2D eigenvalue weighted by Crippen LogP contribution is -2.43. The molecule has 0 fully saturated rings. The van der Waals surface area contributed by atoms with E-state index in [9.17, 15) is 0 Å². The Morgan fingerprint density at radius 3 is 2.00 bits per heavy atom. The molecule has 0 unspecified atom stereocenters. The lowest BCUT2D eigenvalue weighted by atomic mass is 9.91. The summed E-state index contributed by atoms with van der Waals surface area (Å²) in [7, 11) is 0. The number of nitrogens with one attached hydrogen (secondary N) is 1. The summed E-state index contributed by atoms with van der Waals surface area (Å²) in [5.41, 5.74) is 0.977. The van der Waals surface area contributed by atoms with Crippen molar-refractivity contribution in [1.29, 1.82) is 0 Å². The summed E-state index contributed by atoms with van der Waals surface area (Å²) in [6.45, 7) is 23.0. The molecular formula is C24H43NO2S. The van der Waals surface area contributed by atoms with E-state index in [-0.39, 0.29) is 21.5 Å². The van der Waals surface area contributed by atoms with Crippen LogP contribution in [-0.2, 0) is 16.1 Å². The highest BCUT2D eigenvalue weighted by Crippen LogP contribution is 2.35. The van der Waals surface area contributed by atoms with E-state index in [1.807, 2.05) is 11.8 Å². The predicted octanol–water partition coefficient (Wildman–Crippen LogP) is 6.79. The summed E-state index contributed by atoms with van der Waals surface area (Å²) in [5, 5.41) is 3.52. The Morgan fingerprint density at radius 2 is 1.43 bits per heavy atom. The Balaban J connectivity index is 2.56. The Bertz CT molecular complexity index is 597. The van der Waals surface area contributed by atoms with Gasteiger partial charge in [-0.1, -0.05) is 39.0 Å². The van der Waals surface area contributed by atoms with Gasteiger partial charge in [0.2, 0.25) is 0 Å². The van der Waals surface area contributed by atoms with Crippen LogP contribution < -0.4 is 5.32 Å². The van der Waals surface area contributed by atoms with Crippen LogP contribution >= 0.6 is 11.8 Å². The number of ether oxygens (including phenoxy) is 2. The number of hydrogen-bond donors (Lipinski definition) is 1. The summed E-state index contributed by atoms with van der Waals surface area (Å²) in [6.07, 6.45) is 2.00. The standard InChI is InChI=1S/C24H43NO2S/c1-21(2,3)27-18-25-23(7,8)15-16-24(9,10)26-17-19-13-11-12-14-20(19)28-22(4,5)6/h11-14,25H,15-18H2,1-10H3. The van der Waals surface area contributed by atoms with Crippen molar-refractivity contribution in [2.75, 3.05) is 6.73 Å². The van der Waals surface area contributed by atoms with Gasteiger partial charge in [-0.15, -0.1) is 11.8 Å². The van der Waals surface area contributed by atoms with Gasteiger partial charge in [0.15, 0.2) is 0 Å². The zero-order valence-corrected chi connectivity index (χ0v) is 20.7. The lowest BCUT2D eigenvalue weighted by Gasteiger charge is -2.33. The Labute approximate surface area is 178 Å². The molecule has 162 valence electrons. The molecule has 0 saturated heterocycles. The number of thioether (sulfide) groups is 1. The molecule has 0 atom stereocenters. The number of benzene rings is 1. The third kappa shape index (κ3) is 11.5. The predicted molar refractivity (Wildman–Crippen MR) is 123 cm³/mol. The van der Waals surface area contributed by atoms with Crippen LogP contribution in [0.2, 0.25) is 0 Å². The molecule has 1 aromatic rings. The van der Waals surface area contributed by atoms with Crippen LogP contribution in [0.15, 0.2) is 29.2 Å². The average Bonchev–Trinajstić information content (AvgIpc) is 2.50. The van der Waals surface area contributed by atoms with Crippen molar-refractivity contribution in [2.24, 2.45) is 0 Å². The molecule has 0 amide bonds. The second kappa shape index (κ2) is 9.97. The smallest absolute Gasteiger partial charge is 0.0976 e. The highest BCUT2D eigenvalue weighted by atomic mass is 32.2. The Kier molecular flexibility index (Phi) is 9.08. The molecule has 0 heterocycles. The summed E-state index contributed by atoms with van der Waals surface area (Å²) >= 11 is 1.90. The van der Waals surface area contributed by atoms with Crippen molar-refractivity contribution in [1.82, 2.24) is 5.32 Å². The van der Waals surface area contributed by atoms with Gasteiger partial charge in [-0.05, 0) is 72.9 Å². The molecule has 1 rings (SSSR count). The highest BCUT2D eigenvalue weighted by Gasteiger charge is 2.26. The van der Waals surface area contributed by atoms with Crippen molar-refractivity contribution in [3.05, 3.63) is 29.8 Å². The van der Waals surface area contributed by atoms with E-state index in [1.54, 1.807) is 0 Å². The zero-order valence-electron chi connectivity index (χ0n) is 19.9. The zero-order chi connectivity index (χ0) is 21.6. The van der Waals surface area contributed by atoms with E-state index < -0.39 is 0 Å². The molecule has 0 radical (unpaired) electrons. The van der Waals surface area contributed by atoms with E-state index in [4.69, 9.17) is 9.47 Å². The van der Waals surface area contributed by atoms with Gasteiger partial charge in [0.05, 0.1) is 24.5 Å². The minimum atomic E-state index is -0.177. The fourth-order valence-corrected chi connectivity index (χ4v) is 3.61. The van der Waals surface area contributed by atoms with Crippen LogP contribution in [-0.4, -0.2) is 28.2 Å². The molecule has 0 aliphatic heterocycles. The molecule has 1 N–H and O–H groups in total. The third-order valence-electron chi connectivity index (χ3n) is 4.42. The minimum Gasteiger partial charge on any atom is -0.371 e. The molecule has 0 aliphatic rings. The van der Waals surface area contributed by atoms with Crippen LogP contribution in [0.3, 0.4) is 0 Å². The first-order valence-electron chi connectivity index (χ1n) is 10.4. The first-order chi connectivity index (χ1) is 12.6. The van der Waals surface area contributed by atoms with Crippen LogP contribution in [0.1, 0.15) is 87.6 Å². The van der Waals surface area contributed by atoms with E-state index >= 15 is 0 Å². The molecule has 0 spiro atoms. The molecule has 0 aliphatic carbocycles. The van der Waals surface area contributed by atoms with E-state index in [1.165, 1.54) is 10.5 Å². The van der Waals surface area contributed by atoms with Gasteiger partial charge in [0, 0.05) is 15.2 Å². The summed E-state index contributed by atoms with van der Waals surface area (Å²) < 4.78 is 12.4. The van der Waals surface area contributed by atoms with Crippen molar-refractivity contribution in [2.45, 2.75) is 115 Å². The van der Waals surface area contributed by atoms with Gasteiger partial charge in [0.1, 0.15) is 0 Å². The van der Waals surface area contributed by atoms with Gasteiger partial charge in [0.25, 0.3) is 0 Å². The van der Waals surface area contributed by atoms with Gasteiger partial charge >= 0.3 is 0 Å². The lowest BCUT2D eigenvalue weighted by molar-refractivity contribution is -0.0465. The second-order valence-corrected chi connectivity index (χ2v) is 12.7. The number of hydrogen-bond acceptors (Lipinski definition) is 4. The normalized spacial score (nSPS) is 13.8. The van der Waals surface area contributed by atoms with E-state index in [2.05, 4.69) is 98.8 Å². The largest absolute Gasteiger partial charge is 0.371 e. The summed E-state index contributed by atoms with van der Waals surface area (Å²) in [4.78, 5) is 1.31. The molecule has 4 heteroatoms. The molecule has 0 bridgehead atoms. The van der Waals surface area contributed by atoms with E-state index in [0.717, 1.165) is 12.8 Å². The van der Waals surface area contributed by atoms with Crippen LogP contribution in [0.25, 0.3) is 0 Å². The van der Waals surface area contributed by atoms with Gasteiger partial charge < -0.3 is 9.47 Å². The second-order valence-electron chi connectivity index (χ2n) is 10.8. The molecular weight excluding hydrogens is 366 g/mol.